The lowest BCUT2D eigenvalue weighted by Crippen LogP contribution is -2.36. The number of hydrogen-bond donors (Lipinski definition) is 3. The predicted octanol–water partition coefficient (Wildman–Crippen LogP) is 3.25. The Morgan fingerprint density at radius 3 is 2.86 bits per heavy atom. The second-order valence-electron chi connectivity index (χ2n) is 7.29. The van der Waals surface area contributed by atoms with E-state index in [2.05, 4.69) is 45.2 Å². The summed E-state index contributed by atoms with van der Waals surface area (Å²) in [6.45, 7) is 6.18. The van der Waals surface area contributed by atoms with Gasteiger partial charge in [-0.25, -0.2) is 4.98 Å². The molecular weight excluding hydrogens is 386 g/mol. The minimum atomic E-state index is -0.332. The molecule has 7 nitrogen and oxygen atoms in total. The van der Waals surface area contributed by atoms with Crippen LogP contribution in [0.15, 0.2) is 34.6 Å². The van der Waals surface area contributed by atoms with Crippen molar-refractivity contribution < 1.29 is 9.53 Å². The summed E-state index contributed by atoms with van der Waals surface area (Å²) >= 11 is 1.66. The second kappa shape index (κ2) is 10.4. The fraction of sp³-hybridized carbons (Fsp3) is 0.476. The van der Waals surface area contributed by atoms with E-state index in [9.17, 15) is 4.79 Å². The maximum absolute atomic E-state index is 12.2. The third-order valence-corrected chi connectivity index (χ3v) is 5.54. The fourth-order valence-corrected chi connectivity index (χ4v) is 3.90. The van der Waals surface area contributed by atoms with E-state index >= 15 is 0 Å². The molecule has 0 bridgehead atoms. The molecule has 1 aromatic heterocycles. The van der Waals surface area contributed by atoms with Crippen LogP contribution >= 0.6 is 11.3 Å². The third kappa shape index (κ3) is 6.27. The average molecular weight is 416 g/mol. The van der Waals surface area contributed by atoms with Crippen LogP contribution in [0.3, 0.4) is 0 Å². The predicted molar refractivity (Wildman–Crippen MR) is 117 cm³/mol. The number of guanidine groups is 1. The lowest BCUT2D eigenvalue weighted by molar-refractivity contribution is -0.124. The summed E-state index contributed by atoms with van der Waals surface area (Å²) < 4.78 is 5.44. The number of thiazole rings is 1. The monoisotopic (exact) mass is 415 g/mol. The molecule has 1 saturated heterocycles. The zero-order valence-corrected chi connectivity index (χ0v) is 18.0. The number of benzene rings is 1. The van der Waals surface area contributed by atoms with E-state index < -0.39 is 0 Å². The van der Waals surface area contributed by atoms with Crippen LogP contribution < -0.4 is 16.0 Å². The third-order valence-electron chi connectivity index (χ3n) is 4.67. The molecule has 0 aliphatic carbocycles. The van der Waals surface area contributed by atoms with Crippen LogP contribution in [0, 0.1) is 0 Å². The Morgan fingerprint density at radius 1 is 1.34 bits per heavy atom. The standard InChI is InChI=1S/C21H29N5O2S/c1-14(2)17-13-29-19(26-17)12-24-21(22-3)23-11-15-6-4-7-16(10-15)25-20(27)18-8-5-9-28-18/h4,6-7,10,13-14,18H,5,8-9,11-12H2,1-3H3,(H,25,27)(H2,22,23,24). The van der Waals surface area contributed by atoms with Crippen LogP contribution in [-0.2, 0) is 22.6 Å². The van der Waals surface area contributed by atoms with Gasteiger partial charge in [0.05, 0.1) is 12.2 Å². The van der Waals surface area contributed by atoms with E-state index in [-0.39, 0.29) is 12.0 Å². The molecule has 2 aromatic rings. The number of nitrogens with one attached hydrogen (secondary N) is 3. The highest BCUT2D eigenvalue weighted by molar-refractivity contribution is 7.09. The van der Waals surface area contributed by atoms with Gasteiger partial charge in [0, 0.05) is 31.3 Å². The van der Waals surface area contributed by atoms with Crippen molar-refractivity contribution >= 4 is 28.9 Å². The van der Waals surface area contributed by atoms with Gasteiger partial charge in [-0.05, 0) is 36.5 Å². The Morgan fingerprint density at radius 2 is 2.17 bits per heavy atom. The maximum Gasteiger partial charge on any atom is 0.253 e. The molecule has 2 heterocycles. The van der Waals surface area contributed by atoms with Crippen molar-refractivity contribution in [3.05, 3.63) is 45.9 Å². The molecule has 1 fully saturated rings. The van der Waals surface area contributed by atoms with Crippen molar-refractivity contribution in [3.8, 4) is 0 Å². The zero-order chi connectivity index (χ0) is 20.6. The molecule has 3 N–H and O–H groups in total. The first-order valence-electron chi connectivity index (χ1n) is 9.95. The lowest BCUT2D eigenvalue weighted by Gasteiger charge is -2.13. The first-order valence-corrected chi connectivity index (χ1v) is 10.8. The number of ether oxygens (including phenoxy) is 1. The molecule has 1 amide bonds. The van der Waals surface area contributed by atoms with E-state index in [1.165, 1.54) is 0 Å². The topological polar surface area (TPSA) is 87.6 Å². The zero-order valence-electron chi connectivity index (χ0n) is 17.2. The summed E-state index contributed by atoms with van der Waals surface area (Å²) in [4.78, 5) is 21.1. The van der Waals surface area contributed by atoms with E-state index in [0.29, 0.717) is 31.6 Å². The number of carbonyl (C=O) groups excluding carboxylic acids is 1. The maximum atomic E-state index is 12.2. The van der Waals surface area contributed by atoms with Crippen LogP contribution in [0.25, 0.3) is 0 Å². The molecule has 1 unspecified atom stereocenters. The quantitative estimate of drug-likeness (QED) is 0.477. The highest BCUT2D eigenvalue weighted by Crippen LogP contribution is 2.18. The van der Waals surface area contributed by atoms with Gasteiger partial charge in [0.2, 0.25) is 0 Å². The van der Waals surface area contributed by atoms with Gasteiger partial charge in [-0.15, -0.1) is 11.3 Å². The first-order chi connectivity index (χ1) is 14.0. The highest BCUT2D eigenvalue weighted by Gasteiger charge is 2.23. The lowest BCUT2D eigenvalue weighted by atomic mass is 10.2. The van der Waals surface area contributed by atoms with Crippen molar-refractivity contribution in [2.24, 2.45) is 4.99 Å². The molecule has 0 saturated carbocycles. The summed E-state index contributed by atoms with van der Waals surface area (Å²) in [5, 5.41) is 12.7. The van der Waals surface area contributed by atoms with Crippen molar-refractivity contribution in [1.82, 2.24) is 15.6 Å². The van der Waals surface area contributed by atoms with Gasteiger partial charge >= 0.3 is 0 Å². The summed E-state index contributed by atoms with van der Waals surface area (Å²) in [7, 11) is 1.75. The number of anilines is 1. The molecule has 29 heavy (non-hydrogen) atoms. The van der Waals surface area contributed by atoms with Crippen molar-refractivity contribution in [2.75, 3.05) is 19.0 Å². The fourth-order valence-electron chi connectivity index (χ4n) is 3.00. The van der Waals surface area contributed by atoms with E-state index in [4.69, 9.17) is 4.74 Å². The Hall–Kier alpha value is -2.45. The molecule has 1 aromatic carbocycles. The van der Waals surface area contributed by atoms with Crippen LogP contribution in [-0.4, -0.2) is 36.6 Å². The molecule has 3 rings (SSSR count). The summed E-state index contributed by atoms with van der Waals surface area (Å²) in [5.41, 5.74) is 2.95. The van der Waals surface area contributed by atoms with Crippen LogP contribution in [0.1, 0.15) is 48.9 Å². The number of hydrogen-bond acceptors (Lipinski definition) is 5. The minimum Gasteiger partial charge on any atom is -0.368 e. The number of amides is 1. The Bertz CT molecular complexity index is 843. The van der Waals surface area contributed by atoms with Gasteiger partial charge in [-0.3, -0.25) is 9.79 Å². The Balaban J connectivity index is 1.49. The number of nitrogens with zero attached hydrogens (tertiary/aromatic N) is 2. The number of aliphatic imine (C=N–C) groups is 1. The van der Waals surface area contributed by atoms with E-state index in [0.717, 1.165) is 34.8 Å². The van der Waals surface area contributed by atoms with Gasteiger partial charge in [-0.1, -0.05) is 26.0 Å². The molecule has 1 atom stereocenters. The summed E-state index contributed by atoms with van der Waals surface area (Å²) in [5.74, 6) is 1.07. The van der Waals surface area contributed by atoms with Crippen LogP contribution in [0.2, 0.25) is 0 Å². The van der Waals surface area contributed by atoms with Crippen molar-refractivity contribution in [1.29, 1.82) is 0 Å². The smallest absolute Gasteiger partial charge is 0.253 e. The SMILES string of the molecule is CN=C(NCc1cccc(NC(=O)C2CCCO2)c1)NCc1nc(C(C)C)cs1. The Labute approximate surface area is 176 Å². The highest BCUT2D eigenvalue weighted by atomic mass is 32.1. The van der Waals surface area contributed by atoms with Gasteiger partial charge in [0.15, 0.2) is 5.96 Å². The molecule has 1 aliphatic heterocycles. The molecular formula is C21H29N5O2S. The van der Waals surface area contributed by atoms with E-state index in [1.807, 2.05) is 24.3 Å². The number of aromatic nitrogens is 1. The van der Waals surface area contributed by atoms with Gasteiger partial charge in [-0.2, -0.15) is 0 Å². The summed E-state index contributed by atoms with van der Waals surface area (Å²) in [6.07, 6.45) is 1.39. The molecule has 0 spiro atoms. The largest absolute Gasteiger partial charge is 0.368 e. The number of carbonyl (C=O) groups is 1. The van der Waals surface area contributed by atoms with Crippen molar-refractivity contribution in [3.63, 3.8) is 0 Å². The van der Waals surface area contributed by atoms with Crippen LogP contribution in [0.4, 0.5) is 5.69 Å². The minimum absolute atomic E-state index is 0.0747. The first kappa shape index (κ1) is 21.3. The molecule has 156 valence electrons. The van der Waals surface area contributed by atoms with Gasteiger partial charge in [0.25, 0.3) is 5.91 Å². The van der Waals surface area contributed by atoms with Gasteiger partial charge < -0.3 is 20.7 Å². The van der Waals surface area contributed by atoms with Gasteiger partial charge in [0.1, 0.15) is 11.1 Å². The summed E-state index contributed by atoms with van der Waals surface area (Å²) in [6, 6.07) is 7.79. The average Bonchev–Trinajstić information content (AvgIpc) is 3.41. The van der Waals surface area contributed by atoms with Crippen molar-refractivity contribution in [2.45, 2.75) is 51.8 Å². The normalized spacial score (nSPS) is 16.8. The molecule has 1 aliphatic rings. The second-order valence-corrected chi connectivity index (χ2v) is 8.23. The van der Waals surface area contributed by atoms with E-state index in [1.54, 1.807) is 18.4 Å². The van der Waals surface area contributed by atoms with Crippen LogP contribution in [0.5, 0.6) is 0 Å². The Kier molecular flexibility index (Phi) is 7.60. The molecule has 8 heteroatoms. The number of rotatable bonds is 7. The molecule has 0 radical (unpaired) electrons.